The molecule has 9 heteroatoms. The van der Waals surface area contributed by atoms with Gasteiger partial charge in [0.25, 0.3) is 0 Å². The third kappa shape index (κ3) is 7.96. The highest BCUT2D eigenvalue weighted by Crippen LogP contribution is 2.23. The molecular formula is C23H34N4O5. The highest BCUT2D eigenvalue weighted by molar-refractivity contribution is 5.90. The fourth-order valence-corrected chi connectivity index (χ4v) is 3.65. The molecule has 1 atom stereocenters. The highest BCUT2D eigenvalue weighted by atomic mass is 16.5. The van der Waals surface area contributed by atoms with Crippen molar-refractivity contribution in [1.82, 2.24) is 21.0 Å². The normalized spacial score (nSPS) is 15.6. The molecule has 0 radical (unpaired) electrons. The molecule has 1 aromatic rings. The average Bonchev–Trinajstić information content (AvgIpc) is 2.75. The van der Waals surface area contributed by atoms with E-state index < -0.39 is 23.3 Å². The first-order valence-electron chi connectivity index (χ1n) is 10.9. The second kappa shape index (κ2) is 11.6. The van der Waals surface area contributed by atoms with Crippen LogP contribution in [-0.4, -0.2) is 58.9 Å². The first kappa shape index (κ1) is 25.3. The predicted octanol–water partition coefficient (Wildman–Crippen LogP) is 1.15. The number of rotatable bonds is 8. The molecule has 4 amide bonds. The van der Waals surface area contributed by atoms with E-state index >= 15 is 0 Å². The minimum absolute atomic E-state index is 0.00920. The Balaban J connectivity index is 1.86. The van der Waals surface area contributed by atoms with Gasteiger partial charge in [-0.3, -0.25) is 24.4 Å². The number of hydroxylamine groups is 1. The molecule has 1 aliphatic rings. The Morgan fingerprint density at radius 1 is 1.00 bits per heavy atom. The Morgan fingerprint density at radius 2 is 1.59 bits per heavy atom. The van der Waals surface area contributed by atoms with E-state index in [1.54, 1.807) is 4.90 Å². The second-order valence-electron chi connectivity index (χ2n) is 9.23. The summed E-state index contributed by atoms with van der Waals surface area (Å²) in [6.07, 6.45) is 1.33. The molecule has 0 bridgehead atoms. The Hall–Kier alpha value is -2.94. The van der Waals surface area contributed by atoms with Gasteiger partial charge in [-0.15, -0.1) is 0 Å². The molecule has 9 nitrogen and oxygen atoms in total. The third-order valence-corrected chi connectivity index (χ3v) is 5.50. The summed E-state index contributed by atoms with van der Waals surface area (Å²) in [6.45, 7) is 6.58. The topological polar surface area (TPSA) is 128 Å². The smallest absolute Gasteiger partial charge is 0.245 e. The molecule has 32 heavy (non-hydrogen) atoms. The van der Waals surface area contributed by atoms with Gasteiger partial charge in [0.2, 0.25) is 23.6 Å². The first-order valence-corrected chi connectivity index (χ1v) is 10.9. The summed E-state index contributed by atoms with van der Waals surface area (Å²) in [5.41, 5.74) is 1.92. The first-order chi connectivity index (χ1) is 15.1. The summed E-state index contributed by atoms with van der Waals surface area (Å²) in [6, 6.07) is 8.81. The Kier molecular flexibility index (Phi) is 9.19. The summed E-state index contributed by atoms with van der Waals surface area (Å²) >= 11 is 0. The average molecular weight is 447 g/mol. The van der Waals surface area contributed by atoms with Gasteiger partial charge < -0.3 is 15.5 Å². The summed E-state index contributed by atoms with van der Waals surface area (Å²) in [5, 5.41) is 14.3. The van der Waals surface area contributed by atoms with E-state index in [-0.39, 0.29) is 30.7 Å². The fourth-order valence-electron chi connectivity index (χ4n) is 3.65. The number of likely N-dealkylation sites (tertiary alicyclic amines) is 1. The molecule has 0 saturated carbocycles. The van der Waals surface area contributed by atoms with Crippen molar-refractivity contribution in [3.63, 3.8) is 0 Å². The van der Waals surface area contributed by atoms with Crippen molar-refractivity contribution in [3.05, 3.63) is 35.9 Å². The molecule has 0 aliphatic carbocycles. The van der Waals surface area contributed by atoms with Crippen molar-refractivity contribution in [2.24, 2.45) is 5.41 Å². The van der Waals surface area contributed by atoms with Crippen LogP contribution < -0.4 is 16.1 Å². The number of hydrogen-bond acceptors (Lipinski definition) is 5. The molecule has 1 aromatic carbocycles. The standard InChI is InChI=1S/C23H34N4O5/c1-23(2,3)21(25-18(28)9-10-19(29)26-32)22(31)27-13-11-17(12-14-27)24-20(30)15-16-7-5-4-6-8-16/h4-8,17,21,32H,9-15H2,1-3H3,(H,24,30)(H,25,28)(H,26,29)/t21-/m1/s1. The lowest BCUT2D eigenvalue weighted by Crippen LogP contribution is -2.57. The second-order valence-corrected chi connectivity index (χ2v) is 9.23. The monoisotopic (exact) mass is 446 g/mol. The van der Waals surface area contributed by atoms with Crippen LogP contribution >= 0.6 is 0 Å². The van der Waals surface area contributed by atoms with Crippen LogP contribution in [0.5, 0.6) is 0 Å². The highest BCUT2D eigenvalue weighted by Gasteiger charge is 2.37. The number of carbonyl (C=O) groups is 4. The van der Waals surface area contributed by atoms with Gasteiger partial charge in [0.05, 0.1) is 6.42 Å². The van der Waals surface area contributed by atoms with Crippen molar-refractivity contribution >= 4 is 23.6 Å². The molecule has 1 fully saturated rings. The van der Waals surface area contributed by atoms with Crippen molar-refractivity contribution in [3.8, 4) is 0 Å². The SMILES string of the molecule is CC(C)(C)[C@H](NC(=O)CCC(=O)NO)C(=O)N1CCC(NC(=O)Cc2ccccc2)CC1. The molecule has 1 heterocycles. The van der Waals surface area contributed by atoms with E-state index in [0.29, 0.717) is 32.4 Å². The Labute approximate surface area is 188 Å². The number of benzene rings is 1. The van der Waals surface area contributed by atoms with Crippen LogP contribution in [0.3, 0.4) is 0 Å². The number of carbonyl (C=O) groups excluding carboxylic acids is 4. The Bertz CT molecular complexity index is 798. The van der Waals surface area contributed by atoms with E-state index in [4.69, 9.17) is 5.21 Å². The maximum absolute atomic E-state index is 13.1. The minimum Gasteiger partial charge on any atom is -0.353 e. The molecule has 4 N–H and O–H groups in total. The molecule has 0 spiro atoms. The number of hydrogen-bond donors (Lipinski definition) is 4. The molecule has 2 rings (SSSR count). The van der Waals surface area contributed by atoms with Crippen molar-refractivity contribution in [2.75, 3.05) is 13.1 Å². The molecule has 0 aromatic heterocycles. The lowest BCUT2D eigenvalue weighted by atomic mass is 9.85. The van der Waals surface area contributed by atoms with Crippen LogP contribution in [0.4, 0.5) is 0 Å². The van der Waals surface area contributed by atoms with Gasteiger partial charge in [0, 0.05) is 32.0 Å². The third-order valence-electron chi connectivity index (χ3n) is 5.50. The molecule has 1 aliphatic heterocycles. The minimum atomic E-state index is -0.739. The zero-order valence-electron chi connectivity index (χ0n) is 19.0. The van der Waals surface area contributed by atoms with E-state index in [0.717, 1.165) is 5.56 Å². The van der Waals surface area contributed by atoms with Crippen LogP contribution in [0.25, 0.3) is 0 Å². The van der Waals surface area contributed by atoms with Crippen LogP contribution in [0.1, 0.15) is 52.0 Å². The number of nitrogens with zero attached hydrogens (tertiary/aromatic N) is 1. The Morgan fingerprint density at radius 3 is 2.16 bits per heavy atom. The maximum Gasteiger partial charge on any atom is 0.245 e. The largest absolute Gasteiger partial charge is 0.353 e. The summed E-state index contributed by atoms with van der Waals surface area (Å²) in [4.78, 5) is 50.6. The van der Waals surface area contributed by atoms with Crippen LogP contribution in [0, 0.1) is 5.41 Å². The quantitative estimate of drug-likeness (QED) is 0.352. The van der Waals surface area contributed by atoms with E-state index in [9.17, 15) is 19.2 Å². The van der Waals surface area contributed by atoms with Gasteiger partial charge in [-0.05, 0) is 23.8 Å². The fraction of sp³-hybridized carbons (Fsp3) is 0.565. The predicted molar refractivity (Wildman–Crippen MR) is 118 cm³/mol. The van der Waals surface area contributed by atoms with Gasteiger partial charge in [-0.2, -0.15) is 0 Å². The number of nitrogens with one attached hydrogen (secondary N) is 3. The van der Waals surface area contributed by atoms with Crippen LogP contribution in [0.15, 0.2) is 30.3 Å². The number of piperidine rings is 1. The van der Waals surface area contributed by atoms with Gasteiger partial charge in [-0.1, -0.05) is 51.1 Å². The summed E-state index contributed by atoms with van der Waals surface area (Å²) < 4.78 is 0. The zero-order valence-corrected chi connectivity index (χ0v) is 19.0. The summed E-state index contributed by atoms with van der Waals surface area (Å²) in [5.74, 6) is -1.29. The molecular weight excluding hydrogens is 412 g/mol. The van der Waals surface area contributed by atoms with Crippen molar-refractivity contribution < 1.29 is 24.4 Å². The van der Waals surface area contributed by atoms with Crippen LogP contribution in [-0.2, 0) is 25.6 Å². The van der Waals surface area contributed by atoms with E-state index in [2.05, 4.69) is 10.6 Å². The zero-order chi connectivity index (χ0) is 23.7. The summed E-state index contributed by atoms with van der Waals surface area (Å²) in [7, 11) is 0. The molecule has 176 valence electrons. The van der Waals surface area contributed by atoms with Crippen molar-refractivity contribution in [1.29, 1.82) is 0 Å². The van der Waals surface area contributed by atoms with Gasteiger partial charge in [0.15, 0.2) is 0 Å². The number of amides is 4. The molecule has 0 unspecified atom stereocenters. The van der Waals surface area contributed by atoms with E-state index in [1.807, 2.05) is 51.1 Å². The van der Waals surface area contributed by atoms with Gasteiger partial charge in [-0.25, -0.2) is 5.48 Å². The van der Waals surface area contributed by atoms with Crippen molar-refractivity contribution in [2.45, 2.75) is 65.0 Å². The lowest BCUT2D eigenvalue weighted by molar-refractivity contribution is -0.140. The van der Waals surface area contributed by atoms with Gasteiger partial charge >= 0.3 is 0 Å². The van der Waals surface area contributed by atoms with Crippen LogP contribution in [0.2, 0.25) is 0 Å². The van der Waals surface area contributed by atoms with E-state index in [1.165, 1.54) is 5.48 Å². The maximum atomic E-state index is 13.1. The lowest BCUT2D eigenvalue weighted by Gasteiger charge is -2.38. The van der Waals surface area contributed by atoms with Gasteiger partial charge in [0.1, 0.15) is 6.04 Å². The molecule has 1 saturated heterocycles.